The van der Waals surface area contributed by atoms with E-state index in [9.17, 15) is 4.79 Å². The van der Waals surface area contributed by atoms with Gasteiger partial charge in [-0.2, -0.15) is 0 Å². The zero-order valence-corrected chi connectivity index (χ0v) is 9.89. The highest BCUT2D eigenvalue weighted by molar-refractivity contribution is 5.75. The van der Waals surface area contributed by atoms with E-state index in [0.717, 1.165) is 24.0 Å². The molecule has 0 atom stereocenters. The molecule has 0 aliphatic heterocycles. The Morgan fingerprint density at radius 3 is 1.50 bits per heavy atom. The van der Waals surface area contributed by atoms with Gasteiger partial charge in [-0.1, -0.05) is 43.4 Å². The van der Waals surface area contributed by atoms with Crippen LogP contribution >= 0.6 is 0 Å². The molecule has 1 heteroatoms. The fraction of sp³-hybridized carbons (Fsp3) is 0.462. The first kappa shape index (κ1) is 15.4. The van der Waals surface area contributed by atoms with E-state index in [1.165, 1.54) is 0 Å². The van der Waals surface area contributed by atoms with Gasteiger partial charge in [0.15, 0.2) is 0 Å². The molecule has 0 aromatic heterocycles. The second-order valence-corrected chi connectivity index (χ2v) is 3.48. The van der Waals surface area contributed by atoms with Gasteiger partial charge in [-0.05, 0) is 27.2 Å². The van der Waals surface area contributed by atoms with Crippen LogP contribution in [0.1, 0.15) is 40.5 Å². The summed E-state index contributed by atoms with van der Waals surface area (Å²) in [7, 11) is 0. The lowest BCUT2D eigenvalue weighted by molar-refractivity contribution is -0.117. The molecule has 0 rings (SSSR count). The lowest BCUT2D eigenvalue weighted by Gasteiger charge is -1.84. The van der Waals surface area contributed by atoms with Crippen molar-refractivity contribution in [3.05, 3.63) is 36.5 Å². The van der Waals surface area contributed by atoms with Crippen molar-refractivity contribution < 1.29 is 4.79 Å². The molecule has 80 valence electrons. The van der Waals surface area contributed by atoms with Crippen molar-refractivity contribution in [2.75, 3.05) is 0 Å². The molecule has 0 aromatic carbocycles. The van der Waals surface area contributed by atoms with Crippen molar-refractivity contribution in [3.8, 4) is 0 Å². The summed E-state index contributed by atoms with van der Waals surface area (Å²) in [5.41, 5.74) is 2.13. The molecule has 0 unspecified atom stereocenters. The van der Waals surface area contributed by atoms with Crippen LogP contribution in [0.2, 0.25) is 0 Å². The van der Waals surface area contributed by atoms with E-state index in [0.29, 0.717) is 0 Å². The largest absolute Gasteiger partial charge is 0.300 e. The van der Waals surface area contributed by atoms with Crippen LogP contribution in [0.5, 0.6) is 0 Å². The number of carbonyl (C=O) groups is 1. The van der Waals surface area contributed by atoms with Crippen molar-refractivity contribution in [2.24, 2.45) is 0 Å². The molecule has 0 N–H and O–H groups in total. The van der Waals surface area contributed by atoms with E-state index in [4.69, 9.17) is 0 Å². The first-order valence-electron chi connectivity index (χ1n) is 4.88. The highest BCUT2D eigenvalue weighted by atomic mass is 16.1. The Morgan fingerprint density at radius 1 is 1.07 bits per heavy atom. The topological polar surface area (TPSA) is 17.1 Å². The quantitative estimate of drug-likeness (QED) is 0.616. The molecule has 14 heavy (non-hydrogen) atoms. The smallest absolute Gasteiger partial charge is 0.129 e. The number of ketones is 1. The fourth-order valence-electron chi connectivity index (χ4n) is 0.637. The predicted molar refractivity (Wildman–Crippen MR) is 64.4 cm³/mol. The van der Waals surface area contributed by atoms with Crippen LogP contribution in [0.4, 0.5) is 0 Å². The minimum Gasteiger partial charge on any atom is -0.300 e. The molecule has 0 aromatic rings. The van der Waals surface area contributed by atoms with Gasteiger partial charge in [0.25, 0.3) is 0 Å². The Morgan fingerprint density at radius 2 is 1.43 bits per heavy atom. The molecule has 0 fully saturated rings. The van der Waals surface area contributed by atoms with Crippen molar-refractivity contribution in [1.82, 2.24) is 0 Å². The zero-order chi connectivity index (χ0) is 11.6. The Bertz CT molecular complexity index is 205. The minimum absolute atomic E-state index is 0.289. The maximum atomic E-state index is 10.0. The van der Waals surface area contributed by atoms with Crippen LogP contribution in [0, 0.1) is 0 Å². The van der Waals surface area contributed by atoms with Crippen LogP contribution in [-0.4, -0.2) is 5.78 Å². The van der Waals surface area contributed by atoms with E-state index in [2.05, 4.69) is 13.2 Å². The number of hydrogen-bond acceptors (Lipinski definition) is 1. The number of hydrogen-bond donors (Lipinski definition) is 0. The van der Waals surface area contributed by atoms with Gasteiger partial charge in [-0.25, -0.2) is 0 Å². The third-order valence-corrected chi connectivity index (χ3v) is 1.25. The van der Waals surface area contributed by atoms with E-state index in [-0.39, 0.29) is 5.78 Å². The Kier molecular flexibility index (Phi) is 10.9. The van der Waals surface area contributed by atoms with Gasteiger partial charge in [-0.3, -0.25) is 0 Å². The Balaban J connectivity index is 0. The van der Waals surface area contributed by atoms with E-state index in [1.54, 1.807) is 6.92 Å². The van der Waals surface area contributed by atoms with Crippen LogP contribution in [-0.2, 0) is 4.79 Å². The summed E-state index contributed by atoms with van der Waals surface area (Å²) in [5, 5.41) is 0. The maximum absolute atomic E-state index is 10.0. The molecule has 0 saturated heterocycles. The lowest BCUT2D eigenvalue weighted by atomic mass is 10.2. The van der Waals surface area contributed by atoms with Crippen molar-refractivity contribution >= 4 is 5.78 Å². The predicted octanol–water partition coefficient (Wildman–Crippen LogP) is 4.07. The normalized spacial score (nSPS) is 9.14. The standard InChI is InChI=1S/C8H12.C5H10O/c1-7(2)5-6-8(3)4;1-3-4-5(2)6/h5-6H,1,3H2,2,4H3;3-4H2,1-2H3/b6-5-;. The van der Waals surface area contributed by atoms with Crippen LogP contribution < -0.4 is 0 Å². The summed E-state index contributed by atoms with van der Waals surface area (Å²) in [6, 6.07) is 0. The molecule has 0 amide bonds. The van der Waals surface area contributed by atoms with Crippen LogP contribution in [0.3, 0.4) is 0 Å². The molecular weight excluding hydrogens is 172 g/mol. The lowest BCUT2D eigenvalue weighted by Crippen LogP contribution is -1.84. The molecule has 0 aliphatic rings. The van der Waals surface area contributed by atoms with E-state index in [1.807, 2.05) is 32.9 Å². The average Bonchev–Trinajstić information content (AvgIpc) is 2.01. The first-order valence-corrected chi connectivity index (χ1v) is 4.88. The monoisotopic (exact) mass is 194 g/mol. The van der Waals surface area contributed by atoms with Crippen molar-refractivity contribution in [2.45, 2.75) is 40.5 Å². The summed E-state index contributed by atoms with van der Waals surface area (Å²) in [6.07, 6.45) is 5.61. The molecule has 0 saturated carbocycles. The summed E-state index contributed by atoms with van der Waals surface area (Å²) >= 11 is 0. The average molecular weight is 194 g/mol. The third-order valence-electron chi connectivity index (χ3n) is 1.25. The van der Waals surface area contributed by atoms with Gasteiger partial charge < -0.3 is 4.79 Å². The molecule has 0 bridgehead atoms. The molecule has 0 radical (unpaired) electrons. The highest BCUT2D eigenvalue weighted by Crippen LogP contribution is 1.94. The van der Waals surface area contributed by atoms with Gasteiger partial charge in [0, 0.05) is 6.42 Å². The third kappa shape index (κ3) is 22.4. The van der Waals surface area contributed by atoms with Gasteiger partial charge in [-0.15, -0.1) is 0 Å². The summed E-state index contributed by atoms with van der Waals surface area (Å²) in [5.74, 6) is 0.289. The van der Waals surface area contributed by atoms with Crippen LogP contribution in [0.15, 0.2) is 36.5 Å². The number of carbonyl (C=O) groups excluding carboxylic acids is 1. The summed E-state index contributed by atoms with van der Waals surface area (Å²) < 4.78 is 0. The minimum atomic E-state index is 0.289. The van der Waals surface area contributed by atoms with Gasteiger partial charge in [0.2, 0.25) is 0 Å². The summed E-state index contributed by atoms with van der Waals surface area (Å²) in [4.78, 5) is 10.0. The van der Waals surface area contributed by atoms with Gasteiger partial charge in [0.05, 0.1) is 0 Å². The molecule has 1 nitrogen and oxygen atoms in total. The fourth-order valence-corrected chi connectivity index (χ4v) is 0.637. The number of rotatable bonds is 4. The second-order valence-electron chi connectivity index (χ2n) is 3.48. The Labute approximate surface area is 88.2 Å². The van der Waals surface area contributed by atoms with E-state index < -0.39 is 0 Å². The zero-order valence-electron chi connectivity index (χ0n) is 9.89. The van der Waals surface area contributed by atoms with Crippen LogP contribution in [0.25, 0.3) is 0 Å². The van der Waals surface area contributed by atoms with Gasteiger partial charge in [0.1, 0.15) is 5.78 Å². The first-order chi connectivity index (χ1) is 6.40. The molecule has 0 heterocycles. The molecule has 0 aliphatic carbocycles. The van der Waals surface area contributed by atoms with Crippen molar-refractivity contribution in [1.29, 1.82) is 0 Å². The van der Waals surface area contributed by atoms with E-state index >= 15 is 0 Å². The number of allylic oxidation sites excluding steroid dienone is 4. The second kappa shape index (κ2) is 9.97. The van der Waals surface area contributed by atoms with Gasteiger partial charge >= 0.3 is 0 Å². The van der Waals surface area contributed by atoms with Crippen molar-refractivity contribution in [3.63, 3.8) is 0 Å². The number of Topliss-reactive ketones (excluding diaryl/α,β-unsaturated/α-hetero) is 1. The molecule has 0 spiro atoms. The SMILES string of the molecule is C=C(C)/C=C\C(=C)C.CCCC(C)=O. The Hall–Kier alpha value is -1.11. The molecular formula is C13H22O. The highest BCUT2D eigenvalue weighted by Gasteiger charge is 1.83. The maximum Gasteiger partial charge on any atom is 0.129 e. The summed E-state index contributed by atoms with van der Waals surface area (Å²) in [6.45, 7) is 14.9.